The topological polar surface area (TPSA) is 20.3 Å². The molecule has 0 saturated heterocycles. The summed E-state index contributed by atoms with van der Waals surface area (Å²) in [4.78, 5) is 13.6. The van der Waals surface area contributed by atoms with Crippen LogP contribution in [0.2, 0.25) is 0 Å². The molecule has 100 valence electrons. The summed E-state index contributed by atoms with van der Waals surface area (Å²) in [5.41, 5.74) is 0.277. The van der Waals surface area contributed by atoms with Gasteiger partial charge in [0.15, 0.2) is 0 Å². The molecule has 0 radical (unpaired) electrons. The van der Waals surface area contributed by atoms with E-state index in [1.54, 1.807) is 24.3 Å². The van der Waals surface area contributed by atoms with Gasteiger partial charge in [0.25, 0.3) is 5.91 Å². The Morgan fingerprint density at radius 2 is 1.83 bits per heavy atom. The van der Waals surface area contributed by atoms with Gasteiger partial charge in [-0.3, -0.25) is 4.79 Å². The number of rotatable bonds is 4. The molecule has 0 aromatic heterocycles. The first-order valence-electron chi connectivity index (χ1n) is 5.37. The van der Waals surface area contributed by atoms with Crippen LogP contribution in [0, 0.1) is 0 Å². The van der Waals surface area contributed by atoms with Gasteiger partial charge in [0.2, 0.25) is 0 Å². The van der Waals surface area contributed by atoms with Crippen LogP contribution in [-0.4, -0.2) is 36.3 Å². The normalized spacial score (nSPS) is 11.4. The summed E-state index contributed by atoms with van der Waals surface area (Å²) < 4.78 is 36.9. The van der Waals surface area contributed by atoms with Crippen molar-refractivity contribution in [3.8, 4) is 0 Å². The molecule has 1 rings (SSSR count). The average Bonchev–Trinajstić information content (AvgIpc) is 2.34. The van der Waals surface area contributed by atoms with Gasteiger partial charge in [-0.25, -0.2) is 0 Å². The second-order valence-electron chi connectivity index (χ2n) is 3.66. The van der Waals surface area contributed by atoms with Crippen molar-refractivity contribution in [1.82, 2.24) is 4.90 Å². The van der Waals surface area contributed by atoms with Crippen molar-refractivity contribution in [3.05, 3.63) is 29.8 Å². The largest absolute Gasteiger partial charge is 0.406 e. The van der Waals surface area contributed by atoms with E-state index in [4.69, 9.17) is 0 Å². The zero-order valence-corrected chi connectivity index (χ0v) is 10.9. The molecule has 0 saturated carbocycles. The van der Waals surface area contributed by atoms with Gasteiger partial charge in [0, 0.05) is 17.0 Å². The van der Waals surface area contributed by atoms with E-state index in [2.05, 4.69) is 0 Å². The smallest absolute Gasteiger partial charge is 0.330 e. The molecule has 0 atom stereocenters. The second kappa shape index (κ2) is 6.13. The third-order valence-electron chi connectivity index (χ3n) is 2.38. The fourth-order valence-electron chi connectivity index (χ4n) is 1.46. The predicted molar refractivity (Wildman–Crippen MR) is 65.9 cm³/mol. The average molecular weight is 277 g/mol. The Labute approximate surface area is 108 Å². The lowest BCUT2D eigenvalue weighted by atomic mass is 10.2. The SMILES string of the molecule is CCN(CC(F)(F)F)C(=O)c1ccc(SC)cc1. The van der Waals surface area contributed by atoms with Gasteiger partial charge in [-0.2, -0.15) is 13.2 Å². The van der Waals surface area contributed by atoms with Gasteiger partial charge in [-0.1, -0.05) is 0 Å². The van der Waals surface area contributed by atoms with Crippen LogP contribution in [0.1, 0.15) is 17.3 Å². The van der Waals surface area contributed by atoms with E-state index in [0.717, 1.165) is 9.80 Å². The molecule has 0 unspecified atom stereocenters. The zero-order valence-electron chi connectivity index (χ0n) is 10.1. The van der Waals surface area contributed by atoms with E-state index in [1.807, 2.05) is 6.26 Å². The van der Waals surface area contributed by atoms with E-state index < -0.39 is 18.6 Å². The number of thioether (sulfide) groups is 1. The van der Waals surface area contributed by atoms with E-state index in [0.29, 0.717) is 0 Å². The van der Waals surface area contributed by atoms with E-state index in [1.165, 1.54) is 18.7 Å². The standard InChI is InChI=1S/C12H14F3NOS/c1-3-16(8-12(13,14)15)11(17)9-4-6-10(18-2)7-5-9/h4-7H,3,8H2,1-2H3. The van der Waals surface area contributed by atoms with Crippen LogP contribution in [-0.2, 0) is 0 Å². The molecule has 1 aromatic carbocycles. The first-order valence-corrected chi connectivity index (χ1v) is 6.60. The van der Waals surface area contributed by atoms with Crippen LogP contribution in [0.3, 0.4) is 0 Å². The minimum atomic E-state index is -4.37. The van der Waals surface area contributed by atoms with E-state index in [-0.39, 0.29) is 12.1 Å². The molecule has 1 amide bonds. The van der Waals surface area contributed by atoms with Crippen LogP contribution in [0.25, 0.3) is 0 Å². The summed E-state index contributed by atoms with van der Waals surface area (Å²) in [5, 5.41) is 0. The molecule has 0 aliphatic heterocycles. The highest BCUT2D eigenvalue weighted by molar-refractivity contribution is 7.98. The second-order valence-corrected chi connectivity index (χ2v) is 4.54. The van der Waals surface area contributed by atoms with Crippen LogP contribution in [0.15, 0.2) is 29.2 Å². The maximum atomic E-state index is 12.3. The maximum absolute atomic E-state index is 12.3. The first kappa shape index (κ1) is 14.9. The lowest BCUT2D eigenvalue weighted by Crippen LogP contribution is -2.38. The molecule has 0 fully saturated rings. The molecular weight excluding hydrogens is 263 g/mol. The molecule has 18 heavy (non-hydrogen) atoms. The molecule has 0 bridgehead atoms. The van der Waals surface area contributed by atoms with Gasteiger partial charge in [-0.15, -0.1) is 11.8 Å². The molecule has 0 N–H and O–H groups in total. The highest BCUT2D eigenvalue weighted by atomic mass is 32.2. The Morgan fingerprint density at radius 1 is 1.28 bits per heavy atom. The van der Waals surface area contributed by atoms with Gasteiger partial charge < -0.3 is 4.90 Å². The highest BCUT2D eigenvalue weighted by Crippen LogP contribution is 2.19. The number of nitrogens with zero attached hydrogens (tertiary/aromatic N) is 1. The number of carbonyl (C=O) groups excluding carboxylic acids is 1. The van der Waals surface area contributed by atoms with Crippen molar-refractivity contribution in [2.75, 3.05) is 19.3 Å². The summed E-state index contributed by atoms with van der Waals surface area (Å²) in [6.45, 7) is 0.342. The molecule has 6 heteroatoms. The summed E-state index contributed by atoms with van der Waals surface area (Å²) in [5.74, 6) is -0.595. The van der Waals surface area contributed by atoms with Crippen LogP contribution >= 0.6 is 11.8 Å². The predicted octanol–water partition coefficient (Wildman–Crippen LogP) is 3.43. The molecule has 1 aromatic rings. The summed E-state index contributed by atoms with van der Waals surface area (Å²) >= 11 is 1.51. The van der Waals surface area contributed by atoms with Gasteiger partial charge in [0.1, 0.15) is 6.54 Å². The fourth-order valence-corrected chi connectivity index (χ4v) is 1.87. The zero-order chi connectivity index (χ0) is 13.8. The van der Waals surface area contributed by atoms with Gasteiger partial charge >= 0.3 is 6.18 Å². The van der Waals surface area contributed by atoms with Crippen molar-refractivity contribution < 1.29 is 18.0 Å². The lowest BCUT2D eigenvalue weighted by Gasteiger charge is -2.22. The monoisotopic (exact) mass is 277 g/mol. The number of hydrogen-bond donors (Lipinski definition) is 0. The molecule has 0 aliphatic rings. The molecule has 2 nitrogen and oxygen atoms in total. The van der Waals surface area contributed by atoms with Crippen LogP contribution in [0.5, 0.6) is 0 Å². The van der Waals surface area contributed by atoms with Crippen LogP contribution < -0.4 is 0 Å². The van der Waals surface area contributed by atoms with Gasteiger partial charge in [0.05, 0.1) is 0 Å². The summed E-state index contributed by atoms with van der Waals surface area (Å²) in [7, 11) is 0. The Hall–Kier alpha value is -1.17. The van der Waals surface area contributed by atoms with E-state index >= 15 is 0 Å². The number of carbonyl (C=O) groups is 1. The van der Waals surface area contributed by atoms with Crippen LogP contribution in [0.4, 0.5) is 13.2 Å². The molecular formula is C12H14F3NOS. The summed E-state index contributed by atoms with van der Waals surface area (Å²) in [6.07, 6.45) is -2.48. The quantitative estimate of drug-likeness (QED) is 0.786. The van der Waals surface area contributed by atoms with Crippen molar-refractivity contribution in [1.29, 1.82) is 0 Å². The number of benzene rings is 1. The van der Waals surface area contributed by atoms with Gasteiger partial charge in [-0.05, 0) is 37.4 Å². The van der Waals surface area contributed by atoms with Crippen molar-refractivity contribution in [3.63, 3.8) is 0 Å². The molecule has 0 spiro atoms. The highest BCUT2D eigenvalue weighted by Gasteiger charge is 2.32. The van der Waals surface area contributed by atoms with E-state index in [9.17, 15) is 18.0 Å². The minimum absolute atomic E-state index is 0.0304. The lowest BCUT2D eigenvalue weighted by molar-refractivity contribution is -0.140. The third-order valence-corrected chi connectivity index (χ3v) is 3.12. The number of alkyl halides is 3. The number of hydrogen-bond acceptors (Lipinski definition) is 2. The summed E-state index contributed by atoms with van der Waals surface area (Å²) in [6, 6.07) is 6.54. The third kappa shape index (κ3) is 4.25. The molecule has 0 heterocycles. The number of halogens is 3. The van der Waals surface area contributed by atoms with Crippen molar-refractivity contribution in [2.24, 2.45) is 0 Å². The Kier molecular flexibility index (Phi) is 5.07. The van der Waals surface area contributed by atoms with Crippen molar-refractivity contribution >= 4 is 17.7 Å². The van der Waals surface area contributed by atoms with Crippen molar-refractivity contribution in [2.45, 2.75) is 18.0 Å². The molecule has 0 aliphatic carbocycles. The Bertz CT molecular complexity index is 403. The Balaban J connectivity index is 2.82. The first-order chi connectivity index (χ1) is 8.37. The minimum Gasteiger partial charge on any atom is -0.330 e. The maximum Gasteiger partial charge on any atom is 0.406 e. The number of amides is 1. The fraction of sp³-hybridized carbons (Fsp3) is 0.417. The Morgan fingerprint density at radius 3 is 2.22 bits per heavy atom.